The van der Waals surface area contributed by atoms with Crippen LogP contribution in [-0.4, -0.2) is 17.7 Å². The van der Waals surface area contributed by atoms with Gasteiger partial charge in [-0.25, -0.2) is 0 Å². The van der Waals surface area contributed by atoms with E-state index in [2.05, 4.69) is 36.1 Å². The van der Waals surface area contributed by atoms with Gasteiger partial charge in [0.1, 0.15) is 6.29 Å². The molecule has 1 fully saturated rings. The second-order valence-electron chi connectivity index (χ2n) is 6.58. The van der Waals surface area contributed by atoms with E-state index in [-0.39, 0.29) is 5.41 Å². The number of rotatable bonds is 3. The summed E-state index contributed by atoms with van der Waals surface area (Å²) in [5.41, 5.74) is 2.80. The summed E-state index contributed by atoms with van der Waals surface area (Å²) < 4.78 is 0. The van der Waals surface area contributed by atoms with Gasteiger partial charge < -0.3 is 4.79 Å². The molecule has 0 bridgehead atoms. The zero-order chi connectivity index (χ0) is 13.3. The quantitative estimate of drug-likeness (QED) is 0.774. The maximum atomic E-state index is 11.6. The van der Waals surface area contributed by atoms with Crippen LogP contribution in [0.4, 0.5) is 0 Å². The number of hydrogen-bond acceptors (Lipinski definition) is 2. The monoisotopic (exact) mass is 257 g/mol. The molecule has 1 aromatic rings. The first-order chi connectivity index (χ1) is 9.21. The number of hydrogen-bond donors (Lipinski definition) is 0. The van der Waals surface area contributed by atoms with Crippen molar-refractivity contribution in [3.05, 3.63) is 35.4 Å². The van der Waals surface area contributed by atoms with Crippen molar-refractivity contribution >= 4 is 6.29 Å². The summed E-state index contributed by atoms with van der Waals surface area (Å²) in [6.45, 7) is 5.28. The average Bonchev–Trinajstić information content (AvgIpc) is 2.83. The predicted molar refractivity (Wildman–Crippen MR) is 76.7 cm³/mol. The molecule has 0 N–H and O–H groups in total. The van der Waals surface area contributed by atoms with Crippen molar-refractivity contribution in [1.29, 1.82) is 0 Å². The minimum Gasteiger partial charge on any atom is -0.303 e. The van der Waals surface area contributed by atoms with Crippen molar-refractivity contribution in [2.75, 3.05) is 6.54 Å². The summed E-state index contributed by atoms with van der Waals surface area (Å²) in [4.78, 5) is 14.1. The van der Waals surface area contributed by atoms with E-state index in [4.69, 9.17) is 0 Å². The zero-order valence-corrected chi connectivity index (χ0v) is 11.8. The number of aldehydes is 1. The molecule has 0 amide bonds. The summed E-state index contributed by atoms with van der Waals surface area (Å²) in [7, 11) is 0. The molecule has 102 valence electrons. The number of fused-ring (bicyclic) bond motifs is 1. The fourth-order valence-corrected chi connectivity index (χ4v) is 3.61. The van der Waals surface area contributed by atoms with Crippen molar-refractivity contribution in [1.82, 2.24) is 4.90 Å². The van der Waals surface area contributed by atoms with Crippen molar-refractivity contribution < 1.29 is 4.79 Å². The zero-order valence-electron chi connectivity index (χ0n) is 11.8. The molecule has 3 rings (SSSR count). The minimum absolute atomic E-state index is 0.0748. The van der Waals surface area contributed by atoms with E-state index in [9.17, 15) is 4.79 Å². The highest BCUT2D eigenvalue weighted by atomic mass is 16.1. The SMILES string of the molecule is CC1CCC(C=O)(CN2Cc3ccccc3C2)CC1. The summed E-state index contributed by atoms with van der Waals surface area (Å²) in [6.07, 6.45) is 5.82. The van der Waals surface area contributed by atoms with E-state index in [1.165, 1.54) is 30.3 Å². The van der Waals surface area contributed by atoms with Crippen LogP contribution >= 0.6 is 0 Å². The van der Waals surface area contributed by atoms with Crippen molar-refractivity contribution in [2.24, 2.45) is 11.3 Å². The molecule has 1 aromatic carbocycles. The maximum Gasteiger partial charge on any atom is 0.127 e. The first-order valence-corrected chi connectivity index (χ1v) is 7.46. The lowest BCUT2D eigenvalue weighted by Gasteiger charge is -2.37. The smallest absolute Gasteiger partial charge is 0.127 e. The van der Waals surface area contributed by atoms with Crippen molar-refractivity contribution in [3.63, 3.8) is 0 Å². The molecule has 1 heterocycles. The topological polar surface area (TPSA) is 20.3 Å². The third-order valence-corrected chi connectivity index (χ3v) is 4.96. The lowest BCUT2D eigenvalue weighted by atomic mass is 9.71. The Morgan fingerprint density at radius 2 is 1.79 bits per heavy atom. The Bertz CT molecular complexity index is 435. The average molecular weight is 257 g/mol. The van der Waals surface area contributed by atoms with Gasteiger partial charge >= 0.3 is 0 Å². The van der Waals surface area contributed by atoms with Crippen LogP contribution in [0.5, 0.6) is 0 Å². The van der Waals surface area contributed by atoms with E-state index in [0.717, 1.165) is 38.4 Å². The lowest BCUT2D eigenvalue weighted by molar-refractivity contribution is -0.119. The van der Waals surface area contributed by atoms with Gasteiger partial charge in [-0.3, -0.25) is 4.90 Å². The van der Waals surface area contributed by atoms with E-state index < -0.39 is 0 Å². The number of nitrogens with zero attached hydrogens (tertiary/aromatic N) is 1. The van der Waals surface area contributed by atoms with Gasteiger partial charge in [-0.2, -0.15) is 0 Å². The van der Waals surface area contributed by atoms with Crippen LogP contribution in [0.15, 0.2) is 24.3 Å². The van der Waals surface area contributed by atoms with Crippen LogP contribution in [0.1, 0.15) is 43.7 Å². The number of carbonyl (C=O) groups is 1. The molecule has 0 atom stereocenters. The summed E-state index contributed by atoms with van der Waals surface area (Å²) in [5.74, 6) is 0.795. The first kappa shape index (κ1) is 12.9. The summed E-state index contributed by atoms with van der Waals surface area (Å²) in [6, 6.07) is 8.65. The molecular weight excluding hydrogens is 234 g/mol. The Morgan fingerprint density at radius 3 is 2.32 bits per heavy atom. The standard InChI is InChI=1S/C17H23NO/c1-14-6-8-17(13-19,9-7-14)12-18-10-15-4-2-3-5-16(15)11-18/h2-5,13-14H,6-12H2,1H3. The molecule has 0 unspecified atom stereocenters. The Balaban J connectivity index is 1.67. The van der Waals surface area contributed by atoms with Gasteiger partial charge in [0, 0.05) is 25.0 Å². The van der Waals surface area contributed by atoms with Gasteiger partial charge in [0.15, 0.2) is 0 Å². The van der Waals surface area contributed by atoms with E-state index in [0.29, 0.717) is 0 Å². The molecular formula is C17H23NO. The van der Waals surface area contributed by atoms with Gasteiger partial charge in [0.05, 0.1) is 0 Å². The molecule has 2 heteroatoms. The fourth-order valence-electron chi connectivity index (χ4n) is 3.61. The molecule has 0 spiro atoms. The van der Waals surface area contributed by atoms with Gasteiger partial charge in [-0.05, 0) is 42.7 Å². The second kappa shape index (κ2) is 5.09. The van der Waals surface area contributed by atoms with Crippen LogP contribution in [0.3, 0.4) is 0 Å². The molecule has 2 aliphatic rings. The Hall–Kier alpha value is -1.15. The van der Waals surface area contributed by atoms with Crippen molar-refractivity contribution in [3.8, 4) is 0 Å². The minimum atomic E-state index is -0.0748. The first-order valence-electron chi connectivity index (χ1n) is 7.46. The molecule has 19 heavy (non-hydrogen) atoms. The fraction of sp³-hybridized carbons (Fsp3) is 0.588. The largest absolute Gasteiger partial charge is 0.303 e. The number of benzene rings is 1. The Kier molecular flexibility index (Phi) is 3.44. The van der Waals surface area contributed by atoms with E-state index in [1.807, 2.05) is 0 Å². The third-order valence-electron chi connectivity index (χ3n) is 4.96. The predicted octanol–water partition coefficient (Wildman–Crippen LogP) is 3.40. The second-order valence-corrected chi connectivity index (χ2v) is 6.58. The van der Waals surface area contributed by atoms with Crippen LogP contribution < -0.4 is 0 Å². The van der Waals surface area contributed by atoms with E-state index in [1.54, 1.807) is 0 Å². The van der Waals surface area contributed by atoms with Crippen LogP contribution in [0.25, 0.3) is 0 Å². The number of carbonyl (C=O) groups excluding carboxylic acids is 1. The van der Waals surface area contributed by atoms with Crippen LogP contribution in [0, 0.1) is 11.3 Å². The highest BCUT2D eigenvalue weighted by Crippen LogP contribution is 2.39. The highest BCUT2D eigenvalue weighted by Gasteiger charge is 2.36. The van der Waals surface area contributed by atoms with Gasteiger partial charge in [-0.15, -0.1) is 0 Å². The summed E-state index contributed by atoms with van der Waals surface area (Å²) >= 11 is 0. The molecule has 1 saturated carbocycles. The molecule has 0 aromatic heterocycles. The van der Waals surface area contributed by atoms with E-state index >= 15 is 0 Å². The van der Waals surface area contributed by atoms with Gasteiger partial charge in [-0.1, -0.05) is 31.2 Å². The molecule has 1 aliphatic heterocycles. The third kappa shape index (κ3) is 2.59. The van der Waals surface area contributed by atoms with Crippen LogP contribution in [0.2, 0.25) is 0 Å². The molecule has 2 nitrogen and oxygen atoms in total. The van der Waals surface area contributed by atoms with Crippen molar-refractivity contribution in [2.45, 2.75) is 45.7 Å². The summed E-state index contributed by atoms with van der Waals surface area (Å²) in [5, 5.41) is 0. The van der Waals surface area contributed by atoms with Gasteiger partial charge in [0.2, 0.25) is 0 Å². The Labute approximate surface area is 115 Å². The molecule has 1 aliphatic carbocycles. The lowest BCUT2D eigenvalue weighted by Crippen LogP contribution is -2.39. The Morgan fingerprint density at radius 1 is 1.21 bits per heavy atom. The van der Waals surface area contributed by atoms with Gasteiger partial charge in [0.25, 0.3) is 0 Å². The normalized spacial score (nSPS) is 31.1. The highest BCUT2D eigenvalue weighted by molar-refractivity contribution is 5.60. The molecule has 0 saturated heterocycles. The van der Waals surface area contributed by atoms with Crippen LogP contribution in [-0.2, 0) is 17.9 Å². The maximum absolute atomic E-state index is 11.6. The molecule has 0 radical (unpaired) electrons.